The van der Waals surface area contributed by atoms with Crippen LogP contribution in [0.5, 0.6) is 0 Å². The van der Waals surface area contributed by atoms with Gasteiger partial charge in [-0.1, -0.05) is 34.1 Å². The number of benzene rings is 2. The average molecular weight is 417 g/mol. The molecule has 2 aromatic carbocycles. The van der Waals surface area contributed by atoms with E-state index in [1.54, 1.807) is 6.07 Å². The van der Waals surface area contributed by atoms with Crippen molar-refractivity contribution in [3.05, 3.63) is 63.9 Å². The fraction of sp³-hybridized carbons (Fsp3) is 0.455. The molecule has 2 aromatic rings. The van der Waals surface area contributed by atoms with Crippen LogP contribution in [0.15, 0.2) is 46.9 Å². The van der Waals surface area contributed by atoms with Gasteiger partial charge in [0.25, 0.3) is 0 Å². The largest absolute Gasteiger partial charge is 0.381 e. The maximum atomic E-state index is 13.5. The number of nitrogens with one attached hydrogen (secondary N) is 1. The van der Waals surface area contributed by atoms with Crippen LogP contribution in [-0.2, 0) is 12.8 Å². The summed E-state index contributed by atoms with van der Waals surface area (Å²) in [6, 6.07) is 14.3. The lowest BCUT2D eigenvalue weighted by Gasteiger charge is -2.36. The van der Waals surface area contributed by atoms with Crippen molar-refractivity contribution >= 4 is 21.6 Å². The number of fused-ring (bicyclic) bond motifs is 1. The Balaban J connectivity index is 1.27. The first kappa shape index (κ1) is 18.0. The van der Waals surface area contributed by atoms with Gasteiger partial charge in [-0.05, 0) is 86.5 Å². The Morgan fingerprint density at radius 1 is 1.08 bits per heavy atom. The molecule has 0 aromatic heterocycles. The van der Waals surface area contributed by atoms with Crippen molar-refractivity contribution < 1.29 is 4.39 Å². The lowest BCUT2D eigenvalue weighted by atomic mass is 9.89. The van der Waals surface area contributed by atoms with Gasteiger partial charge >= 0.3 is 0 Å². The zero-order chi connectivity index (χ0) is 17.9. The Morgan fingerprint density at radius 3 is 2.73 bits per heavy atom. The van der Waals surface area contributed by atoms with E-state index in [4.69, 9.17) is 0 Å². The van der Waals surface area contributed by atoms with E-state index in [-0.39, 0.29) is 5.82 Å². The van der Waals surface area contributed by atoms with E-state index in [0.717, 1.165) is 36.1 Å². The van der Waals surface area contributed by atoms with Crippen molar-refractivity contribution in [2.75, 3.05) is 25.0 Å². The third-order valence-electron chi connectivity index (χ3n) is 5.84. The number of rotatable bonds is 4. The summed E-state index contributed by atoms with van der Waals surface area (Å²) in [5.41, 5.74) is 3.87. The van der Waals surface area contributed by atoms with Gasteiger partial charge in [-0.2, -0.15) is 0 Å². The van der Waals surface area contributed by atoms with Crippen LogP contribution in [0, 0.1) is 11.7 Å². The molecule has 0 aliphatic carbocycles. The highest BCUT2D eigenvalue weighted by molar-refractivity contribution is 9.10. The lowest BCUT2D eigenvalue weighted by molar-refractivity contribution is 0.175. The van der Waals surface area contributed by atoms with E-state index in [2.05, 4.69) is 50.4 Å². The number of para-hydroxylation sites is 1. The van der Waals surface area contributed by atoms with E-state index in [1.165, 1.54) is 43.0 Å². The zero-order valence-electron chi connectivity index (χ0n) is 15.1. The maximum absolute atomic E-state index is 13.5. The summed E-state index contributed by atoms with van der Waals surface area (Å²) in [5, 5.41) is 3.72. The van der Waals surface area contributed by atoms with E-state index < -0.39 is 0 Å². The molecule has 26 heavy (non-hydrogen) atoms. The molecule has 1 fully saturated rings. The highest BCUT2D eigenvalue weighted by atomic mass is 79.9. The highest BCUT2D eigenvalue weighted by Crippen LogP contribution is 2.28. The number of hydrogen-bond acceptors (Lipinski definition) is 2. The van der Waals surface area contributed by atoms with Crippen molar-refractivity contribution in [1.29, 1.82) is 0 Å². The van der Waals surface area contributed by atoms with E-state index in [9.17, 15) is 4.39 Å². The fourth-order valence-corrected chi connectivity index (χ4v) is 4.74. The van der Waals surface area contributed by atoms with Crippen LogP contribution < -0.4 is 5.32 Å². The van der Waals surface area contributed by atoms with Crippen LogP contribution in [0.2, 0.25) is 0 Å². The molecule has 1 saturated heterocycles. The van der Waals surface area contributed by atoms with Gasteiger partial charge in [0.05, 0.1) is 0 Å². The number of nitrogens with zero attached hydrogens (tertiary/aromatic N) is 1. The first-order valence-corrected chi connectivity index (χ1v) is 10.5. The third kappa shape index (κ3) is 4.29. The van der Waals surface area contributed by atoms with Crippen LogP contribution in [-0.4, -0.2) is 30.6 Å². The molecule has 4 heteroatoms. The van der Waals surface area contributed by atoms with Gasteiger partial charge in [0, 0.05) is 22.7 Å². The first-order valence-electron chi connectivity index (χ1n) is 9.68. The van der Waals surface area contributed by atoms with Gasteiger partial charge in [0.15, 0.2) is 0 Å². The minimum absolute atomic E-state index is 0.135. The van der Waals surface area contributed by atoms with Gasteiger partial charge in [0.2, 0.25) is 0 Å². The molecule has 4 rings (SSSR count). The third-order valence-corrected chi connectivity index (χ3v) is 6.61. The summed E-state index contributed by atoms with van der Waals surface area (Å²) in [4.78, 5) is 2.60. The van der Waals surface area contributed by atoms with Crippen LogP contribution in [0.1, 0.15) is 30.4 Å². The lowest BCUT2D eigenvalue weighted by Crippen LogP contribution is -2.43. The number of halogens is 2. The van der Waals surface area contributed by atoms with Crippen LogP contribution in [0.25, 0.3) is 0 Å². The smallest absolute Gasteiger partial charge is 0.123 e. The molecule has 1 unspecified atom stereocenters. The van der Waals surface area contributed by atoms with Crippen molar-refractivity contribution in [3.8, 4) is 0 Å². The van der Waals surface area contributed by atoms with E-state index in [1.807, 2.05) is 6.07 Å². The summed E-state index contributed by atoms with van der Waals surface area (Å²) < 4.78 is 14.5. The van der Waals surface area contributed by atoms with Crippen molar-refractivity contribution in [3.63, 3.8) is 0 Å². The van der Waals surface area contributed by atoms with E-state index >= 15 is 0 Å². The zero-order valence-corrected chi connectivity index (χ0v) is 16.6. The summed E-state index contributed by atoms with van der Waals surface area (Å²) in [6.07, 6.45) is 5.77. The number of likely N-dealkylation sites (tertiary alicyclic amines) is 1. The number of hydrogen-bond donors (Lipinski definition) is 1. The van der Waals surface area contributed by atoms with Crippen LogP contribution >= 0.6 is 15.9 Å². The molecule has 0 radical (unpaired) electrons. The molecule has 1 atom stereocenters. The highest BCUT2D eigenvalue weighted by Gasteiger charge is 2.24. The predicted octanol–water partition coefficient (Wildman–Crippen LogP) is 5.27. The number of piperidine rings is 1. The Morgan fingerprint density at radius 2 is 1.88 bits per heavy atom. The Bertz CT molecular complexity index is 756. The Hall–Kier alpha value is -1.39. The Kier molecular flexibility index (Phi) is 5.60. The minimum atomic E-state index is -0.135. The number of aryl methyl sites for hydroxylation is 1. The molecule has 0 amide bonds. The van der Waals surface area contributed by atoms with Crippen LogP contribution in [0.3, 0.4) is 0 Å². The summed E-state index contributed by atoms with van der Waals surface area (Å²) >= 11 is 3.56. The molecule has 2 aliphatic rings. The van der Waals surface area contributed by atoms with Crippen molar-refractivity contribution in [2.24, 2.45) is 5.92 Å². The van der Waals surface area contributed by atoms with Crippen LogP contribution in [0.4, 0.5) is 10.1 Å². The topological polar surface area (TPSA) is 15.3 Å². The van der Waals surface area contributed by atoms with E-state index in [0.29, 0.717) is 12.0 Å². The molecule has 1 N–H and O–H groups in total. The van der Waals surface area contributed by atoms with Gasteiger partial charge in [-0.3, -0.25) is 0 Å². The second kappa shape index (κ2) is 8.10. The SMILES string of the molecule is Fc1ccc(Br)c(CC2CCN(CC3CCc4ccccc4N3)CC2)c1. The van der Waals surface area contributed by atoms with Gasteiger partial charge in [0.1, 0.15) is 5.82 Å². The minimum Gasteiger partial charge on any atom is -0.381 e. The normalized spacial score (nSPS) is 21.2. The molecule has 0 saturated carbocycles. The molecule has 138 valence electrons. The summed E-state index contributed by atoms with van der Waals surface area (Å²) in [7, 11) is 0. The van der Waals surface area contributed by atoms with Gasteiger partial charge in [-0.25, -0.2) is 4.39 Å². The standard InChI is InChI=1S/C22H26BrFN2/c23-21-8-6-19(24)14-18(21)13-16-9-11-26(12-10-16)15-20-7-5-17-3-1-2-4-22(17)25-20/h1-4,6,8,14,16,20,25H,5,7,9-13,15H2. The van der Waals surface area contributed by atoms with Crippen molar-refractivity contribution in [1.82, 2.24) is 4.90 Å². The Labute approximate surface area is 163 Å². The summed E-state index contributed by atoms with van der Waals surface area (Å²) in [6.45, 7) is 3.43. The second-order valence-electron chi connectivity index (χ2n) is 7.72. The van der Waals surface area contributed by atoms with Gasteiger partial charge in [-0.15, -0.1) is 0 Å². The molecule has 2 aliphatic heterocycles. The number of anilines is 1. The van der Waals surface area contributed by atoms with Crippen molar-refractivity contribution in [2.45, 2.75) is 38.1 Å². The fourth-order valence-electron chi connectivity index (χ4n) is 4.33. The second-order valence-corrected chi connectivity index (χ2v) is 8.58. The molecular weight excluding hydrogens is 391 g/mol. The molecular formula is C22H26BrFN2. The van der Waals surface area contributed by atoms with Gasteiger partial charge < -0.3 is 10.2 Å². The monoisotopic (exact) mass is 416 g/mol. The quantitative estimate of drug-likeness (QED) is 0.729. The average Bonchev–Trinajstić information content (AvgIpc) is 2.66. The molecule has 0 bridgehead atoms. The summed E-state index contributed by atoms with van der Waals surface area (Å²) in [5.74, 6) is 0.522. The first-order chi connectivity index (χ1) is 12.7. The molecule has 2 heterocycles. The molecule has 2 nitrogen and oxygen atoms in total. The maximum Gasteiger partial charge on any atom is 0.123 e. The predicted molar refractivity (Wildman–Crippen MR) is 109 cm³/mol. The molecule has 0 spiro atoms.